The van der Waals surface area contributed by atoms with Gasteiger partial charge in [-0.1, -0.05) is 49.4 Å². The number of benzene rings is 2. The van der Waals surface area contributed by atoms with Gasteiger partial charge >= 0.3 is 0 Å². The Hall–Kier alpha value is -2.87. The molecule has 0 saturated carbocycles. The molecule has 0 aliphatic carbocycles. The molecule has 8 heteroatoms. The van der Waals surface area contributed by atoms with Gasteiger partial charge in [0.2, 0.25) is 21.8 Å². The number of sulfonamides is 1. The molecular formula is C28H41N3O4S. The lowest BCUT2D eigenvalue weighted by atomic mass is 10.1. The predicted molar refractivity (Wildman–Crippen MR) is 147 cm³/mol. The van der Waals surface area contributed by atoms with Crippen molar-refractivity contribution in [2.45, 2.75) is 72.4 Å². The van der Waals surface area contributed by atoms with E-state index >= 15 is 0 Å². The number of anilines is 1. The van der Waals surface area contributed by atoms with E-state index in [1.54, 1.807) is 17.9 Å². The maximum atomic E-state index is 13.3. The molecular weight excluding hydrogens is 474 g/mol. The van der Waals surface area contributed by atoms with Gasteiger partial charge in [-0.3, -0.25) is 13.9 Å². The van der Waals surface area contributed by atoms with E-state index < -0.39 is 16.1 Å². The van der Waals surface area contributed by atoms with Gasteiger partial charge in [-0.2, -0.15) is 0 Å². The van der Waals surface area contributed by atoms with Crippen molar-refractivity contribution in [1.29, 1.82) is 0 Å². The highest BCUT2D eigenvalue weighted by atomic mass is 32.2. The first kappa shape index (κ1) is 29.4. The second kappa shape index (κ2) is 13.4. The summed E-state index contributed by atoms with van der Waals surface area (Å²) in [7, 11) is -3.52. The van der Waals surface area contributed by atoms with Crippen LogP contribution in [0.5, 0.6) is 0 Å². The fraction of sp³-hybridized carbons (Fsp3) is 0.500. The molecule has 0 aromatic heterocycles. The number of hydrogen-bond acceptors (Lipinski definition) is 4. The summed E-state index contributed by atoms with van der Waals surface area (Å²) >= 11 is 0. The fourth-order valence-corrected chi connectivity index (χ4v) is 5.04. The Bertz CT molecular complexity index is 1120. The highest BCUT2D eigenvalue weighted by Crippen LogP contribution is 2.25. The molecule has 1 N–H and O–H groups in total. The van der Waals surface area contributed by atoms with Crippen molar-refractivity contribution >= 4 is 27.5 Å². The molecule has 7 nitrogen and oxygen atoms in total. The molecule has 0 unspecified atom stereocenters. The van der Waals surface area contributed by atoms with Crippen LogP contribution < -0.4 is 9.62 Å². The monoisotopic (exact) mass is 515 g/mol. The highest BCUT2D eigenvalue weighted by Gasteiger charge is 2.27. The van der Waals surface area contributed by atoms with Crippen LogP contribution in [0.4, 0.5) is 5.69 Å². The number of amides is 2. The molecule has 0 aliphatic rings. The minimum absolute atomic E-state index is 0.0203. The number of rotatable bonds is 13. The van der Waals surface area contributed by atoms with Gasteiger partial charge in [-0.25, -0.2) is 8.42 Å². The van der Waals surface area contributed by atoms with Gasteiger partial charge in [-0.05, 0) is 69.7 Å². The lowest BCUT2D eigenvalue weighted by Crippen LogP contribution is -2.50. The van der Waals surface area contributed by atoms with Gasteiger partial charge in [0.05, 0.1) is 11.9 Å². The van der Waals surface area contributed by atoms with E-state index in [2.05, 4.69) is 5.32 Å². The Morgan fingerprint density at radius 3 is 2.25 bits per heavy atom. The number of aryl methyl sites for hydroxylation is 1. The summed E-state index contributed by atoms with van der Waals surface area (Å²) < 4.78 is 26.5. The Balaban J connectivity index is 2.15. The molecule has 0 radical (unpaired) electrons. The van der Waals surface area contributed by atoms with Crippen LogP contribution in [0.1, 0.15) is 56.7 Å². The van der Waals surface area contributed by atoms with E-state index in [-0.39, 0.29) is 30.8 Å². The molecule has 0 bridgehead atoms. The maximum absolute atomic E-state index is 13.3. The van der Waals surface area contributed by atoms with Crippen molar-refractivity contribution in [3.05, 3.63) is 65.2 Å². The third-order valence-corrected chi connectivity index (χ3v) is 7.83. The maximum Gasteiger partial charge on any atom is 0.242 e. The van der Waals surface area contributed by atoms with Crippen LogP contribution in [-0.4, -0.2) is 56.6 Å². The third kappa shape index (κ3) is 8.36. The Kier molecular flexibility index (Phi) is 11.0. The third-order valence-electron chi connectivity index (χ3n) is 6.65. The molecule has 0 saturated heterocycles. The lowest BCUT2D eigenvalue weighted by Gasteiger charge is -2.30. The van der Waals surface area contributed by atoms with Crippen LogP contribution in [0, 0.1) is 13.8 Å². The lowest BCUT2D eigenvalue weighted by molar-refractivity contribution is -0.140. The molecule has 2 atom stereocenters. The SMILES string of the molecule is CC[C@@H](C)NC(=O)[C@@H](C)N(CCc1ccccc1)C(=O)CCCN(c1cccc(C)c1C)S(C)(=O)=O. The molecule has 2 rings (SSSR count). The van der Waals surface area contributed by atoms with Crippen molar-refractivity contribution in [2.75, 3.05) is 23.7 Å². The van der Waals surface area contributed by atoms with Crippen LogP contribution in [0.2, 0.25) is 0 Å². The van der Waals surface area contributed by atoms with Crippen molar-refractivity contribution in [2.24, 2.45) is 0 Å². The van der Waals surface area contributed by atoms with Gasteiger partial charge in [0.1, 0.15) is 6.04 Å². The summed E-state index contributed by atoms with van der Waals surface area (Å²) in [5, 5.41) is 2.97. The fourth-order valence-electron chi connectivity index (χ4n) is 4.02. The van der Waals surface area contributed by atoms with Crippen molar-refractivity contribution in [3.63, 3.8) is 0 Å². The highest BCUT2D eigenvalue weighted by molar-refractivity contribution is 7.92. The molecule has 2 aromatic rings. The second-order valence-electron chi connectivity index (χ2n) is 9.47. The van der Waals surface area contributed by atoms with Crippen molar-refractivity contribution in [1.82, 2.24) is 10.2 Å². The first-order valence-corrected chi connectivity index (χ1v) is 14.5. The topological polar surface area (TPSA) is 86.8 Å². The van der Waals surface area contributed by atoms with Crippen LogP contribution in [-0.2, 0) is 26.0 Å². The van der Waals surface area contributed by atoms with Crippen LogP contribution >= 0.6 is 0 Å². The Morgan fingerprint density at radius 1 is 0.972 bits per heavy atom. The number of nitrogens with zero attached hydrogens (tertiary/aromatic N) is 2. The standard InChI is InChI=1S/C28H41N3O4S/c1-7-22(3)29-28(33)24(5)30(20-18-25-14-9-8-10-15-25)27(32)17-12-19-31(36(6,34)35)26-16-11-13-21(2)23(26)4/h8-11,13-16,22,24H,7,12,17-20H2,1-6H3,(H,29,33)/t22-,24-/m1/s1. The molecule has 0 aliphatic heterocycles. The summed E-state index contributed by atoms with van der Waals surface area (Å²) in [4.78, 5) is 27.8. The zero-order valence-electron chi connectivity index (χ0n) is 22.5. The average Bonchev–Trinajstić information content (AvgIpc) is 2.83. The average molecular weight is 516 g/mol. The minimum atomic E-state index is -3.52. The summed E-state index contributed by atoms with van der Waals surface area (Å²) in [6, 6.07) is 14.8. The number of carbonyl (C=O) groups is 2. The van der Waals surface area contributed by atoms with Crippen molar-refractivity contribution in [3.8, 4) is 0 Å². The van der Waals surface area contributed by atoms with E-state index in [4.69, 9.17) is 0 Å². The normalized spacial score (nSPS) is 13.1. The number of hydrogen-bond donors (Lipinski definition) is 1. The number of carbonyl (C=O) groups excluding carboxylic acids is 2. The van der Waals surface area contributed by atoms with Gasteiger partial charge in [-0.15, -0.1) is 0 Å². The summed E-state index contributed by atoms with van der Waals surface area (Å²) in [6.07, 6.45) is 3.11. The van der Waals surface area contributed by atoms with Crippen LogP contribution in [0.3, 0.4) is 0 Å². The summed E-state index contributed by atoms with van der Waals surface area (Å²) in [5.74, 6) is -0.342. The molecule has 0 spiro atoms. The Labute approximate surface area is 216 Å². The zero-order valence-corrected chi connectivity index (χ0v) is 23.3. The van der Waals surface area contributed by atoms with Gasteiger partial charge in [0.25, 0.3) is 0 Å². The molecule has 36 heavy (non-hydrogen) atoms. The van der Waals surface area contributed by atoms with Crippen LogP contribution in [0.15, 0.2) is 48.5 Å². The molecule has 2 aromatic carbocycles. The smallest absolute Gasteiger partial charge is 0.242 e. The van der Waals surface area contributed by atoms with E-state index in [1.807, 2.05) is 70.2 Å². The number of nitrogens with one attached hydrogen (secondary N) is 1. The quantitative estimate of drug-likeness (QED) is 0.433. The van der Waals surface area contributed by atoms with E-state index in [1.165, 1.54) is 10.6 Å². The molecule has 198 valence electrons. The molecule has 0 fully saturated rings. The van der Waals surface area contributed by atoms with E-state index in [9.17, 15) is 18.0 Å². The summed E-state index contributed by atoms with van der Waals surface area (Å²) in [5.41, 5.74) is 3.62. The van der Waals surface area contributed by atoms with E-state index in [0.29, 0.717) is 25.1 Å². The zero-order chi connectivity index (χ0) is 26.9. The first-order valence-electron chi connectivity index (χ1n) is 12.6. The van der Waals surface area contributed by atoms with Gasteiger partial charge in [0.15, 0.2) is 0 Å². The Morgan fingerprint density at radius 2 is 1.64 bits per heavy atom. The minimum Gasteiger partial charge on any atom is -0.352 e. The second-order valence-corrected chi connectivity index (χ2v) is 11.4. The predicted octanol–water partition coefficient (Wildman–Crippen LogP) is 4.22. The molecule has 2 amide bonds. The molecule has 0 heterocycles. The van der Waals surface area contributed by atoms with Crippen LogP contribution in [0.25, 0.3) is 0 Å². The van der Waals surface area contributed by atoms with Gasteiger partial charge in [0, 0.05) is 25.6 Å². The van der Waals surface area contributed by atoms with Crippen molar-refractivity contribution < 1.29 is 18.0 Å². The summed E-state index contributed by atoms with van der Waals surface area (Å²) in [6.45, 7) is 10.1. The van der Waals surface area contributed by atoms with Gasteiger partial charge < -0.3 is 10.2 Å². The first-order chi connectivity index (χ1) is 17.0. The largest absolute Gasteiger partial charge is 0.352 e. The van der Waals surface area contributed by atoms with E-state index in [0.717, 1.165) is 23.1 Å².